The number of amides is 1. The first kappa shape index (κ1) is 19.5. The SMILES string of the molecule is CC(C)(C)OC(=O)N1CCOC(c2ccc(Nc3ccc(Cl)cc3)cn2)C1. The average molecular weight is 390 g/mol. The van der Waals surface area contributed by atoms with Crippen molar-refractivity contribution < 1.29 is 14.3 Å². The molecule has 27 heavy (non-hydrogen) atoms. The zero-order chi connectivity index (χ0) is 19.4. The van der Waals surface area contributed by atoms with E-state index in [4.69, 9.17) is 21.1 Å². The highest BCUT2D eigenvalue weighted by atomic mass is 35.5. The fraction of sp³-hybridized carbons (Fsp3) is 0.400. The number of nitrogens with zero attached hydrogens (tertiary/aromatic N) is 2. The topological polar surface area (TPSA) is 63.7 Å². The number of ether oxygens (including phenoxy) is 2. The van der Waals surface area contributed by atoms with Crippen molar-refractivity contribution in [1.29, 1.82) is 0 Å². The molecule has 0 spiro atoms. The van der Waals surface area contributed by atoms with Crippen LogP contribution in [0.25, 0.3) is 0 Å². The lowest BCUT2D eigenvalue weighted by atomic mass is 10.2. The summed E-state index contributed by atoms with van der Waals surface area (Å²) in [4.78, 5) is 18.4. The molecule has 0 bridgehead atoms. The van der Waals surface area contributed by atoms with Gasteiger partial charge >= 0.3 is 6.09 Å². The van der Waals surface area contributed by atoms with Crippen LogP contribution in [-0.2, 0) is 9.47 Å². The number of morpholine rings is 1. The van der Waals surface area contributed by atoms with Crippen LogP contribution in [0.15, 0.2) is 42.6 Å². The second-order valence-corrected chi connectivity index (χ2v) is 7.83. The Morgan fingerprint density at radius 3 is 2.56 bits per heavy atom. The Hall–Kier alpha value is -2.31. The summed E-state index contributed by atoms with van der Waals surface area (Å²) in [6, 6.07) is 11.3. The molecule has 2 aromatic rings. The number of halogens is 1. The van der Waals surface area contributed by atoms with Gasteiger partial charge in [0.15, 0.2) is 0 Å². The van der Waals surface area contributed by atoms with Crippen LogP contribution in [0.5, 0.6) is 0 Å². The molecule has 1 aromatic carbocycles. The van der Waals surface area contributed by atoms with Crippen molar-refractivity contribution in [3.63, 3.8) is 0 Å². The van der Waals surface area contributed by atoms with Crippen molar-refractivity contribution in [3.8, 4) is 0 Å². The number of hydrogen-bond donors (Lipinski definition) is 1. The smallest absolute Gasteiger partial charge is 0.410 e. The summed E-state index contributed by atoms with van der Waals surface area (Å²) >= 11 is 5.90. The normalized spacial score (nSPS) is 17.5. The van der Waals surface area contributed by atoms with Crippen molar-refractivity contribution >= 4 is 29.1 Å². The van der Waals surface area contributed by atoms with Crippen LogP contribution in [-0.4, -0.2) is 41.3 Å². The predicted octanol–water partition coefficient (Wildman–Crippen LogP) is 4.79. The van der Waals surface area contributed by atoms with E-state index in [9.17, 15) is 4.79 Å². The van der Waals surface area contributed by atoms with Gasteiger partial charge in [-0.1, -0.05) is 11.6 Å². The third-order valence-corrected chi connectivity index (χ3v) is 4.22. The summed E-state index contributed by atoms with van der Waals surface area (Å²) in [5.74, 6) is 0. The number of carbonyl (C=O) groups excluding carboxylic acids is 1. The maximum absolute atomic E-state index is 12.3. The summed E-state index contributed by atoms with van der Waals surface area (Å²) in [5.41, 5.74) is 2.06. The van der Waals surface area contributed by atoms with Crippen molar-refractivity contribution in [2.75, 3.05) is 25.0 Å². The minimum absolute atomic E-state index is 0.268. The Bertz CT molecular complexity index is 773. The van der Waals surface area contributed by atoms with Gasteiger partial charge in [0, 0.05) is 17.3 Å². The van der Waals surface area contributed by atoms with Gasteiger partial charge in [0.2, 0.25) is 0 Å². The summed E-state index contributed by atoms with van der Waals surface area (Å²) in [6.07, 6.45) is 1.16. The number of rotatable bonds is 3. The minimum atomic E-state index is -0.516. The summed E-state index contributed by atoms with van der Waals surface area (Å²) in [7, 11) is 0. The van der Waals surface area contributed by atoms with Crippen LogP contribution in [0.3, 0.4) is 0 Å². The van der Waals surface area contributed by atoms with Crippen LogP contribution in [0.4, 0.5) is 16.2 Å². The molecule has 3 rings (SSSR count). The van der Waals surface area contributed by atoms with E-state index >= 15 is 0 Å². The quantitative estimate of drug-likeness (QED) is 0.817. The van der Waals surface area contributed by atoms with E-state index in [-0.39, 0.29) is 12.2 Å². The molecule has 1 saturated heterocycles. The van der Waals surface area contributed by atoms with E-state index < -0.39 is 5.60 Å². The molecule has 1 unspecified atom stereocenters. The standard InChI is InChI=1S/C20H24ClN3O3/c1-20(2,3)27-19(25)24-10-11-26-18(13-24)17-9-8-16(12-22-17)23-15-6-4-14(21)5-7-15/h4-9,12,18,23H,10-11,13H2,1-3H3. The third-order valence-electron chi connectivity index (χ3n) is 3.97. The van der Waals surface area contributed by atoms with Gasteiger partial charge in [-0.05, 0) is 57.2 Å². The van der Waals surface area contributed by atoms with Gasteiger partial charge in [-0.25, -0.2) is 4.79 Å². The largest absolute Gasteiger partial charge is 0.444 e. The molecular weight excluding hydrogens is 366 g/mol. The van der Waals surface area contributed by atoms with Gasteiger partial charge in [-0.3, -0.25) is 4.98 Å². The maximum Gasteiger partial charge on any atom is 0.410 e. The van der Waals surface area contributed by atoms with Crippen LogP contribution in [0.1, 0.15) is 32.6 Å². The fourth-order valence-electron chi connectivity index (χ4n) is 2.69. The second-order valence-electron chi connectivity index (χ2n) is 7.39. The van der Waals surface area contributed by atoms with Crippen LogP contribution >= 0.6 is 11.6 Å². The van der Waals surface area contributed by atoms with E-state index in [0.29, 0.717) is 24.7 Å². The number of hydrogen-bond acceptors (Lipinski definition) is 5. The molecule has 6 nitrogen and oxygen atoms in total. The highest BCUT2D eigenvalue weighted by Crippen LogP contribution is 2.24. The molecule has 1 atom stereocenters. The molecule has 1 N–H and O–H groups in total. The van der Waals surface area contributed by atoms with Crippen molar-refractivity contribution in [2.24, 2.45) is 0 Å². The zero-order valence-corrected chi connectivity index (χ0v) is 16.5. The van der Waals surface area contributed by atoms with Crippen LogP contribution in [0, 0.1) is 0 Å². The highest BCUT2D eigenvalue weighted by molar-refractivity contribution is 6.30. The van der Waals surface area contributed by atoms with E-state index in [0.717, 1.165) is 17.1 Å². The van der Waals surface area contributed by atoms with Gasteiger partial charge in [0.1, 0.15) is 11.7 Å². The molecule has 7 heteroatoms. The predicted molar refractivity (Wildman–Crippen MR) is 105 cm³/mol. The zero-order valence-electron chi connectivity index (χ0n) is 15.7. The highest BCUT2D eigenvalue weighted by Gasteiger charge is 2.29. The molecule has 1 aromatic heterocycles. The maximum atomic E-state index is 12.3. The second kappa shape index (κ2) is 8.15. The van der Waals surface area contributed by atoms with Gasteiger partial charge in [-0.15, -0.1) is 0 Å². The van der Waals surface area contributed by atoms with Crippen molar-refractivity contribution in [1.82, 2.24) is 9.88 Å². The van der Waals surface area contributed by atoms with Gasteiger partial charge < -0.3 is 19.7 Å². The number of pyridine rings is 1. The lowest BCUT2D eigenvalue weighted by Gasteiger charge is -2.34. The number of carbonyl (C=O) groups is 1. The van der Waals surface area contributed by atoms with Crippen molar-refractivity contribution in [3.05, 3.63) is 53.3 Å². The lowest BCUT2D eigenvalue weighted by Crippen LogP contribution is -2.44. The molecule has 1 fully saturated rings. The molecule has 1 aliphatic heterocycles. The Morgan fingerprint density at radius 1 is 1.22 bits per heavy atom. The molecule has 144 valence electrons. The first-order chi connectivity index (χ1) is 12.8. The number of benzene rings is 1. The van der Waals surface area contributed by atoms with Crippen LogP contribution in [0.2, 0.25) is 5.02 Å². The Morgan fingerprint density at radius 2 is 1.93 bits per heavy atom. The average Bonchev–Trinajstić information content (AvgIpc) is 2.63. The first-order valence-electron chi connectivity index (χ1n) is 8.88. The van der Waals surface area contributed by atoms with Gasteiger partial charge in [0.25, 0.3) is 0 Å². The molecule has 0 saturated carbocycles. The molecule has 0 radical (unpaired) electrons. The van der Waals surface area contributed by atoms with Crippen molar-refractivity contribution in [2.45, 2.75) is 32.5 Å². The Kier molecular flexibility index (Phi) is 5.87. The summed E-state index contributed by atoms with van der Waals surface area (Å²) < 4.78 is 11.2. The minimum Gasteiger partial charge on any atom is -0.444 e. The molecule has 2 heterocycles. The van der Waals surface area contributed by atoms with Crippen LogP contribution < -0.4 is 5.32 Å². The van der Waals surface area contributed by atoms with Gasteiger partial charge in [-0.2, -0.15) is 0 Å². The van der Waals surface area contributed by atoms with Gasteiger partial charge in [0.05, 0.1) is 30.7 Å². The fourth-order valence-corrected chi connectivity index (χ4v) is 2.82. The molecular formula is C20H24ClN3O3. The summed E-state index contributed by atoms with van der Waals surface area (Å²) in [6.45, 7) is 6.97. The number of aromatic nitrogens is 1. The summed E-state index contributed by atoms with van der Waals surface area (Å²) in [5, 5.41) is 3.96. The van der Waals surface area contributed by atoms with E-state index in [1.54, 1.807) is 11.1 Å². The monoisotopic (exact) mass is 389 g/mol. The molecule has 1 amide bonds. The first-order valence-corrected chi connectivity index (χ1v) is 9.26. The molecule has 1 aliphatic rings. The third kappa shape index (κ3) is 5.58. The van der Waals surface area contributed by atoms with E-state index in [2.05, 4.69) is 10.3 Å². The Labute approximate surface area is 164 Å². The number of anilines is 2. The Balaban J connectivity index is 1.62. The van der Waals surface area contributed by atoms with E-state index in [1.807, 2.05) is 57.2 Å². The molecule has 0 aliphatic carbocycles. The lowest BCUT2D eigenvalue weighted by molar-refractivity contribution is -0.0447. The van der Waals surface area contributed by atoms with E-state index in [1.165, 1.54) is 0 Å². The number of nitrogens with one attached hydrogen (secondary N) is 1.